The zero-order valence-corrected chi connectivity index (χ0v) is 10.0. The molecule has 0 fully saturated rings. The summed E-state index contributed by atoms with van der Waals surface area (Å²) in [6.07, 6.45) is 2.67. The molecule has 0 saturated heterocycles. The van der Waals surface area contributed by atoms with Crippen LogP contribution < -0.4 is 11.3 Å². The average molecular weight is 257 g/mol. The monoisotopic (exact) mass is 257 g/mol. The molecule has 0 aliphatic rings. The fourth-order valence-electron chi connectivity index (χ4n) is 2.09. The second-order valence-electron chi connectivity index (χ2n) is 4.18. The van der Waals surface area contributed by atoms with Gasteiger partial charge in [-0.25, -0.2) is 9.82 Å². The molecule has 0 bridgehead atoms. The number of para-hydroxylation sites is 1. The molecule has 0 saturated carbocycles. The maximum Gasteiger partial charge on any atom is 0.146 e. The van der Waals surface area contributed by atoms with Crippen LogP contribution in [-0.4, -0.2) is 4.98 Å². The summed E-state index contributed by atoms with van der Waals surface area (Å²) in [6, 6.07) is 10.5. The smallest absolute Gasteiger partial charge is 0.146 e. The lowest BCUT2D eigenvalue weighted by Crippen LogP contribution is -2.29. The highest BCUT2D eigenvalue weighted by Gasteiger charge is 2.20. The Bertz CT molecular complexity index is 677. The van der Waals surface area contributed by atoms with Gasteiger partial charge in [-0.1, -0.05) is 18.2 Å². The zero-order valence-electron chi connectivity index (χ0n) is 10.0. The summed E-state index contributed by atoms with van der Waals surface area (Å²) in [5.74, 6) is 5.67. The maximum atomic E-state index is 13.8. The molecule has 2 heterocycles. The Kier molecular flexibility index (Phi) is 2.98. The normalized spacial score (nSPS) is 12.7. The van der Waals surface area contributed by atoms with Crippen molar-refractivity contribution in [2.24, 2.45) is 5.84 Å². The van der Waals surface area contributed by atoms with Gasteiger partial charge < -0.3 is 4.42 Å². The van der Waals surface area contributed by atoms with E-state index in [4.69, 9.17) is 10.3 Å². The lowest BCUT2D eigenvalue weighted by Gasteiger charge is -2.13. The number of fused-ring (bicyclic) bond motifs is 1. The van der Waals surface area contributed by atoms with Gasteiger partial charge in [0.05, 0.1) is 6.20 Å². The van der Waals surface area contributed by atoms with Gasteiger partial charge in [-0.05, 0) is 18.2 Å². The molecular formula is C14H12FN3O. The second kappa shape index (κ2) is 4.79. The minimum absolute atomic E-state index is 0.400. The number of hydrogen-bond acceptors (Lipinski definition) is 4. The van der Waals surface area contributed by atoms with Crippen LogP contribution in [-0.2, 0) is 0 Å². The van der Waals surface area contributed by atoms with Crippen LogP contribution in [0.5, 0.6) is 0 Å². The highest BCUT2D eigenvalue weighted by molar-refractivity contribution is 5.77. The highest BCUT2D eigenvalue weighted by atomic mass is 19.1. The first-order valence-corrected chi connectivity index (χ1v) is 5.83. The molecule has 0 radical (unpaired) electrons. The van der Waals surface area contributed by atoms with Crippen molar-refractivity contribution >= 4 is 11.0 Å². The van der Waals surface area contributed by atoms with Gasteiger partial charge in [0.2, 0.25) is 0 Å². The molecule has 19 heavy (non-hydrogen) atoms. The van der Waals surface area contributed by atoms with Crippen molar-refractivity contribution in [2.75, 3.05) is 0 Å². The van der Waals surface area contributed by atoms with E-state index in [9.17, 15) is 4.39 Å². The standard InChI is InChI=1S/C14H12FN3O/c15-11-8-17-6-5-10(11)14(18-16)13-7-9-3-1-2-4-12(9)19-13/h1-8,14,18H,16H2. The van der Waals surface area contributed by atoms with E-state index in [0.717, 1.165) is 17.2 Å². The Labute approximate surface area is 109 Å². The van der Waals surface area contributed by atoms with Crippen molar-refractivity contribution in [3.05, 3.63) is 65.9 Å². The molecule has 0 aliphatic heterocycles. The number of rotatable bonds is 3. The third kappa shape index (κ3) is 2.09. The number of benzene rings is 1. The number of nitrogens with two attached hydrogens (primary N) is 1. The molecule has 0 aliphatic carbocycles. The Morgan fingerprint density at radius 3 is 2.84 bits per heavy atom. The average Bonchev–Trinajstić information content (AvgIpc) is 2.85. The van der Waals surface area contributed by atoms with Crippen molar-refractivity contribution in [2.45, 2.75) is 6.04 Å². The Morgan fingerprint density at radius 1 is 1.26 bits per heavy atom. The Hall–Kier alpha value is -2.24. The fourth-order valence-corrected chi connectivity index (χ4v) is 2.09. The van der Waals surface area contributed by atoms with Crippen LogP contribution in [0.25, 0.3) is 11.0 Å². The number of hydrazine groups is 1. The van der Waals surface area contributed by atoms with Crippen LogP contribution in [0.2, 0.25) is 0 Å². The molecule has 3 N–H and O–H groups in total. The third-order valence-electron chi connectivity index (χ3n) is 3.01. The Balaban J connectivity index is 2.09. The van der Waals surface area contributed by atoms with Gasteiger partial charge in [-0.3, -0.25) is 10.8 Å². The lowest BCUT2D eigenvalue weighted by molar-refractivity contribution is 0.461. The minimum atomic E-state index is -0.546. The fraction of sp³-hybridized carbons (Fsp3) is 0.0714. The third-order valence-corrected chi connectivity index (χ3v) is 3.01. The molecule has 1 unspecified atom stereocenters. The predicted molar refractivity (Wildman–Crippen MR) is 69.6 cm³/mol. The summed E-state index contributed by atoms with van der Waals surface area (Å²) in [6.45, 7) is 0. The predicted octanol–water partition coefficient (Wildman–Crippen LogP) is 2.52. The van der Waals surface area contributed by atoms with Crippen LogP contribution in [0.4, 0.5) is 4.39 Å². The summed E-state index contributed by atoms with van der Waals surface area (Å²) >= 11 is 0. The number of pyridine rings is 1. The summed E-state index contributed by atoms with van der Waals surface area (Å²) in [7, 11) is 0. The van der Waals surface area contributed by atoms with Gasteiger partial charge in [0.1, 0.15) is 23.2 Å². The maximum absolute atomic E-state index is 13.8. The second-order valence-corrected chi connectivity index (χ2v) is 4.18. The number of halogens is 1. The van der Waals surface area contributed by atoms with E-state index in [1.54, 1.807) is 6.07 Å². The molecule has 2 aromatic heterocycles. The van der Waals surface area contributed by atoms with Crippen LogP contribution in [0.15, 0.2) is 53.2 Å². The van der Waals surface area contributed by atoms with E-state index in [1.807, 2.05) is 30.3 Å². The van der Waals surface area contributed by atoms with Crippen molar-refractivity contribution in [3.8, 4) is 0 Å². The van der Waals surface area contributed by atoms with Gasteiger partial charge in [-0.15, -0.1) is 0 Å². The minimum Gasteiger partial charge on any atom is -0.459 e. The first-order valence-electron chi connectivity index (χ1n) is 5.83. The van der Waals surface area contributed by atoms with E-state index in [2.05, 4.69) is 10.4 Å². The van der Waals surface area contributed by atoms with Gasteiger partial charge in [0.15, 0.2) is 0 Å². The molecule has 0 amide bonds. The van der Waals surface area contributed by atoms with E-state index in [-0.39, 0.29) is 0 Å². The Morgan fingerprint density at radius 2 is 2.11 bits per heavy atom. The van der Waals surface area contributed by atoms with E-state index in [1.165, 1.54) is 6.20 Å². The first kappa shape index (κ1) is 11.8. The number of hydrogen-bond donors (Lipinski definition) is 2. The molecular weight excluding hydrogens is 245 g/mol. The van der Waals surface area contributed by atoms with Crippen LogP contribution in [0, 0.1) is 5.82 Å². The van der Waals surface area contributed by atoms with Gasteiger partial charge in [0, 0.05) is 17.1 Å². The molecule has 1 aromatic carbocycles. The lowest BCUT2D eigenvalue weighted by atomic mass is 10.1. The molecule has 4 nitrogen and oxygen atoms in total. The summed E-state index contributed by atoms with van der Waals surface area (Å²) < 4.78 is 19.5. The summed E-state index contributed by atoms with van der Waals surface area (Å²) in [4.78, 5) is 3.72. The van der Waals surface area contributed by atoms with Crippen molar-refractivity contribution in [1.82, 2.24) is 10.4 Å². The molecule has 3 aromatic rings. The number of furan rings is 1. The topological polar surface area (TPSA) is 64.1 Å². The molecule has 96 valence electrons. The summed E-state index contributed by atoms with van der Waals surface area (Å²) in [5, 5.41) is 0.951. The summed E-state index contributed by atoms with van der Waals surface area (Å²) in [5.41, 5.74) is 3.72. The van der Waals surface area contributed by atoms with E-state index < -0.39 is 11.9 Å². The highest BCUT2D eigenvalue weighted by Crippen LogP contribution is 2.28. The largest absolute Gasteiger partial charge is 0.459 e. The van der Waals surface area contributed by atoms with Crippen LogP contribution >= 0.6 is 0 Å². The first-order chi connectivity index (χ1) is 9.29. The molecule has 0 spiro atoms. The van der Waals surface area contributed by atoms with Crippen molar-refractivity contribution in [1.29, 1.82) is 0 Å². The van der Waals surface area contributed by atoms with Crippen LogP contribution in [0.1, 0.15) is 17.4 Å². The zero-order chi connectivity index (χ0) is 13.2. The van der Waals surface area contributed by atoms with E-state index >= 15 is 0 Å². The van der Waals surface area contributed by atoms with Crippen molar-refractivity contribution < 1.29 is 8.81 Å². The molecule has 1 atom stereocenters. The van der Waals surface area contributed by atoms with Gasteiger partial charge in [-0.2, -0.15) is 0 Å². The van der Waals surface area contributed by atoms with Gasteiger partial charge >= 0.3 is 0 Å². The molecule has 3 rings (SSSR count). The quantitative estimate of drug-likeness (QED) is 0.559. The van der Waals surface area contributed by atoms with E-state index in [0.29, 0.717) is 11.3 Å². The molecule has 5 heteroatoms. The SMILES string of the molecule is NNC(c1cc2ccccc2o1)c1ccncc1F. The number of nitrogens with zero attached hydrogens (tertiary/aromatic N) is 1. The van der Waals surface area contributed by atoms with Crippen LogP contribution in [0.3, 0.4) is 0 Å². The number of aromatic nitrogens is 1. The van der Waals surface area contributed by atoms with Crippen molar-refractivity contribution in [3.63, 3.8) is 0 Å². The number of nitrogens with one attached hydrogen (secondary N) is 1. The van der Waals surface area contributed by atoms with Gasteiger partial charge in [0.25, 0.3) is 0 Å².